The maximum atomic E-state index is 13.2. The summed E-state index contributed by atoms with van der Waals surface area (Å²) in [6, 6.07) is 17.3. The number of ether oxygens (including phenoxy) is 1. The molecule has 0 aliphatic heterocycles. The first-order chi connectivity index (χ1) is 16.4. The van der Waals surface area contributed by atoms with Gasteiger partial charge in [0, 0.05) is 24.8 Å². The number of rotatable bonds is 14. The van der Waals surface area contributed by atoms with Gasteiger partial charge in [0.1, 0.15) is 11.5 Å². The summed E-state index contributed by atoms with van der Waals surface area (Å²) in [5.74, 6) is 1.35. The minimum absolute atomic E-state index is 0.123. The van der Waals surface area contributed by atoms with Crippen LogP contribution in [0, 0.1) is 11.8 Å². The molecule has 0 spiro atoms. The molecule has 1 fully saturated rings. The van der Waals surface area contributed by atoms with Crippen LogP contribution in [-0.2, 0) is 9.59 Å². The molecule has 0 heterocycles. The zero-order valence-electron chi connectivity index (χ0n) is 20.8. The number of carbonyl (C=O) groups is 2. The van der Waals surface area contributed by atoms with E-state index in [9.17, 15) is 9.59 Å². The van der Waals surface area contributed by atoms with Crippen molar-refractivity contribution in [2.75, 3.05) is 13.2 Å². The lowest BCUT2D eigenvalue weighted by Gasteiger charge is -2.21. The van der Waals surface area contributed by atoms with E-state index in [0.29, 0.717) is 31.4 Å². The number of Topliss-reactive ketones (excluding diaryl/α,β-unsaturated/α-hetero) is 1. The van der Waals surface area contributed by atoms with Crippen molar-refractivity contribution in [2.24, 2.45) is 17.6 Å². The Balaban J connectivity index is 1.67. The van der Waals surface area contributed by atoms with E-state index in [1.807, 2.05) is 61.5 Å². The third-order valence-electron chi connectivity index (χ3n) is 6.85. The number of hydrogen-bond donors (Lipinski definition) is 2. The summed E-state index contributed by atoms with van der Waals surface area (Å²) in [7, 11) is 0. The van der Waals surface area contributed by atoms with Crippen LogP contribution in [-0.4, -0.2) is 30.9 Å². The lowest BCUT2D eigenvalue weighted by molar-refractivity contribution is -0.124. The van der Waals surface area contributed by atoms with Gasteiger partial charge < -0.3 is 15.8 Å². The second kappa shape index (κ2) is 12.7. The van der Waals surface area contributed by atoms with Gasteiger partial charge in [-0.3, -0.25) is 9.59 Å². The van der Waals surface area contributed by atoms with E-state index in [1.165, 1.54) is 0 Å². The van der Waals surface area contributed by atoms with Crippen molar-refractivity contribution in [3.05, 3.63) is 65.7 Å². The van der Waals surface area contributed by atoms with Crippen molar-refractivity contribution in [3.63, 3.8) is 0 Å². The molecule has 1 aliphatic carbocycles. The van der Waals surface area contributed by atoms with Gasteiger partial charge in [-0.05, 0) is 54.4 Å². The predicted molar refractivity (Wildman–Crippen MR) is 137 cm³/mol. The highest BCUT2D eigenvalue weighted by Gasteiger charge is 2.33. The number of amides is 1. The molecule has 3 N–H and O–H groups in total. The van der Waals surface area contributed by atoms with Gasteiger partial charge in [-0.15, -0.1) is 0 Å². The van der Waals surface area contributed by atoms with Crippen molar-refractivity contribution in [1.82, 2.24) is 5.32 Å². The number of carbonyl (C=O) groups excluding carboxylic acids is 2. The first-order valence-corrected chi connectivity index (χ1v) is 12.7. The fourth-order valence-electron chi connectivity index (χ4n) is 4.32. The largest absolute Gasteiger partial charge is 0.493 e. The van der Waals surface area contributed by atoms with Crippen LogP contribution in [0.25, 0.3) is 0 Å². The van der Waals surface area contributed by atoms with Crippen LogP contribution >= 0.6 is 0 Å². The first kappa shape index (κ1) is 26.0. The van der Waals surface area contributed by atoms with Gasteiger partial charge in [-0.2, -0.15) is 0 Å². The van der Waals surface area contributed by atoms with Crippen LogP contribution in [0.15, 0.2) is 54.6 Å². The van der Waals surface area contributed by atoms with Gasteiger partial charge in [0.25, 0.3) is 0 Å². The molecule has 0 aromatic heterocycles. The summed E-state index contributed by atoms with van der Waals surface area (Å²) in [5.41, 5.74) is 8.10. The summed E-state index contributed by atoms with van der Waals surface area (Å²) < 4.78 is 5.94. The highest BCUT2D eigenvalue weighted by atomic mass is 16.5. The van der Waals surface area contributed by atoms with Crippen molar-refractivity contribution in [3.8, 4) is 5.75 Å². The third kappa shape index (κ3) is 7.69. The SMILES string of the molecule is CCCC(C)COc1ccc([C@H](CNC(=O)[C@H](N)C2CC2)CC(=O)[C@@H](C)c2ccccc2)cc1. The van der Waals surface area contributed by atoms with E-state index in [1.54, 1.807) is 0 Å². The lowest BCUT2D eigenvalue weighted by Crippen LogP contribution is -2.43. The molecule has 2 aromatic rings. The van der Waals surface area contributed by atoms with E-state index >= 15 is 0 Å². The quantitative estimate of drug-likeness (QED) is 0.403. The molecule has 3 rings (SSSR count). The van der Waals surface area contributed by atoms with Gasteiger partial charge in [-0.1, -0.05) is 69.7 Å². The topological polar surface area (TPSA) is 81.4 Å². The molecule has 1 amide bonds. The van der Waals surface area contributed by atoms with Crippen molar-refractivity contribution in [1.29, 1.82) is 0 Å². The molecule has 5 heteroatoms. The molecule has 1 unspecified atom stereocenters. The fraction of sp³-hybridized carbons (Fsp3) is 0.517. The Kier molecular flexibility index (Phi) is 9.70. The highest BCUT2D eigenvalue weighted by molar-refractivity contribution is 5.86. The average Bonchev–Trinajstić information content (AvgIpc) is 3.70. The zero-order valence-corrected chi connectivity index (χ0v) is 20.8. The Bertz CT molecular complexity index is 909. The van der Waals surface area contributed by atoms with Crippen LogP contribution in [0.1, 0.15) is 75.8 Å². The summed E-state index contributed by atoms with van der Waals surface area (Å²) in [4.78, 5) is 25.7. The molecule has 2 aromatic carbocycles. The predicted octanol–water partition coefficient (Wildman–Crippen LogP) is 5.20. The maximum absolute atomic E-state index is 13.2. The van der Waals surface area contributed by atoms with Crippen LogP contribution in [0.3, 0.4) is 0 Å². The summed E-state index contributed by atoms with van der Waals surface area (Å²) in [6.45, 7) is 7.41. The summed E-state index contributed by atoms with van der Waals surface area (Å²) >= 11 is 0. The average molecular weight is 465 g/mol. The van der Waals surface area contributed by atoms with Crippen molar-refractivity contribution in [2.45, 2.75) is 70.8 Å². The van der Waals surface area contributed by atoms with E-state index in [2.05, 4.69) is 19.2 Å². The van der Waals surface area contributed by atoms with Crippen LogP contribution < -0.4 is 15.8 Å². The Hall–Kier alpha value is -2.66. The maximum Gasteiger partial charge on any atom is 0.237 e. The van der Waals surface area contributed by atoms with E-state index in [4.69, 9.17) is 10.5 Å². The molecule has 0 saturated heterocycles. The van der Waals surface area contributed by atoms with E-state index in [-0.39, 0.29) is 23.5 Å². The Morgan fingerprint density at radius 2 is 1.71 bits per heavy atom. The van der Waals surface area contributed by atoms with Gasteiger partial charge in [-0.25, -0.2) is 0 Å². The van der Waals surface area contributed by atoms with Crippen LogP contribution in [0.5, 0.6) is 5.75 Å². The number of hydrogen-bond acceptors (Lipinski definition) is 4. The van der Waals surface area contributed by atoms with Gasteiger partial charge >= 0.3 is 0 Å². The van der Waals surface area contributed by atoms with Gasteiger partial charge in [0.2, 0.25) is 5.91 Å². The second-order valence-corrected chi connectivity index (χ2v) is 9.88. The molecule has 4 atom stereocenters. The fourth-order valence-corrected chi connectivity index (χ4v) is 4.32. The van der Waals surface area contributed by atoms with Crippen molar-refractivity contribution >= 4 is 11.7 Å². The minimum atomic E-state index is -0.458. The summed E-state index contributed by atoms with van der Waals surface area (Å²) in [5, 5.41) is 3.01. The normalized spacial score (nSPS) is 16.8. The van der Waals surface area contributed by atoms with Crippen molar-refractivity contribution < 1.29 is 14.3 Å². The van der Waals surface area contributed by atoms with Crippen LogP contribution in [0.4, 0.5) is 0 Å². The first-order valence-electron chi connectivity index (χ1n) is 12.7. The number of benzene rings is 2. The van der Waals surface area contributed by atoms with Gasteiger partial charge in [0.15, 0.2) is 0 Å². The lowest BCUT2D eigenvalue weighted by atomic mass is 9.87. The molecule has 34 heavy (non-hydrogen) atoms. The molecule has 0 radical (unpaired) electrons. The second-order valence-electron chi connectivity index (χ2n) is 9.88. The Morgan fingerprint density at radius 1 is 1.03 bits per heavy atom. The Labute approximate surface area is 204 Å². The third-order valence-corrected chi connectivity index (χ3v) is 6.85. The summed E-state index contributed by atoms with van der Waals surface area (Å²) in [6.07, 6.45) is 4.68. The number of nitrogens with two attached hydrogens (primary N) is 1. The standard InChI is InChI=1S/C29H40N2O3/c1-4-8-20(2)19-34-26-15-13-23(14-16-26)25(18-31-29(33)28(30)24-11-12-24)17-27(32)21(3)22-9-6-5-7-10-22/h5-7,9-10,13-16,20-21,24-25,28H,4,8,11-12,17-19,30H2,1-3H3,(H,31,33)/t20?,21-,25-,28+/m0/s1. The van der Waals surface area contributed by atoms with E-state index in [0.717, 1.165) is 42.6 Å². The smallest absolute Gasteiger partial charge is 0.237 e. The van der Waals surface area contributed by atoms with Crippen LogP contribution in [0.2, 0.25) is 0 Å². The van der Waals surface area contributed by atoms with E-state index < -0.39 is 6.04 Å². The minimum Gasteiger partial charge on any atom is -0.493 e. The molecular formula is C29H40N2O3. The van der Waals surface area contributed by atoms with Gasteiger partial charge in [0.05, 0.1) is 12.6 Å². The Morgan fingerprint density at radius 3 is 2.32 bits per heavy atom. The molecular weight excluding hydrogens is 424 g/mol. The molecule has 5 nitrogen and oxygen atoms in total. The monoisotopic (exact) mass is 464 g/mol. The number of ketones is 1. The number of nitrogens with one attached hydrogen (secondary N) is 1. The highest BCUT2D eigenvalue weighted by Crippen LogP contribution is 2.32. The molecule has 184 valence electrons. The zero-order chi connectivity index (χ0) is 24.5. The molecule has 1 aliphatic rings. The molecule has 0 bridgehead atoms. The molecule has 1 saturated carbocycles.